The van der Waals surface area contributed by atoms with Gasteiger partial charge >= 0.3 is 6.55 Å². The Bertz CT molecular complexity index is 556. The number of aromatic amines is 1. The molecule has 0 atom stereocenters. The number of nitrogens with zero attached hydrogens (tertiary/aromatic N) is 5. The molecule has 0 bridgehead atoms. The molecule has 0 unspecified atom stereocenters. The molecule has 3 heterocycles. The van der Waals surface area contributed by atoms with Crippen molar-refractivity contribution < 1.29 is 14.0 Å². The first-order valence-electron chi connectivity index (χ1n) is 4.97. The third-order valence-electron chi connectivity index (χ3n) is 2.78. The highest BCUT2D eigenvalue weighted by molar-refractivity contribution is 5.47. The van der Waals surface area contributed by atoms with Crippen LogP contribution in [0.4, 0.5) is 8.78 Å². The van der Waals surface area contributed by atoms with E-state index in [1.807, 2.05) is 0 Å². The fourth-order valence-corrected chi connectivity index (χ4v) is 1.98. The quantitative estimate of drug-likeness (QED) is 0.815. The van der Waals surface area contributed by atoms with E-state index >= 15 is 0 Å². The van der Waals surface area contributed by atoms with Crippen molar-refractivity contribution in [3.8, 4) is 11.6 Å². The Morgan fingerprint density at radius 2 is 2.12 bits per heavy atom. The molecule has 0 spiro atoms. The minimum Gasteiger partial charge on any atom is -0.313 e. The molecule has 9 heteroatoms. The number of imidazole rings is 1. The van der Waals surface area contributed by atoms with Crippen molar-refractivity contribution in [2.75, 3.05) is 0 Å². The molecule has 0 saturated carbocycles. The van der Waals surface area contributed by atoms with Crippen LogP contribution in [-0.2, 0) is 20.1 Å². The molecular weight excluding hydrogens is 234 g/mol. The van der Waals surface area contributed by atoms with E-state index in [0.717, 1.165) is 9.63 Å². The highest BCUT2D eigenvalue weighted by Gasteiger charge is 2.31. The summed E-state index contributed by atoms with van der Waals surface area (Å²) in [4.78, 5) is 4.10. The number of hydrogen-bond donors (Lipinski definition) is 2. The van der Waals surface area contributed by atoms with E-state index in [9.17, 15) is 14.0 Å². The SMILES string of the molecule is Cn1[nH]nc1-c1nc2c(n1C(F)F)CN(O)C2. The van der Waals surface area contributed by atoms with Gasteiger partial charge in [-0.1, -0.05) is 0 Å². The first-order valence-corrected chi connectivity index (χ1v) is 4.97. The minimum absolute atomic E-state index is 0.0527. The van der Waals surface area contributed by atoms with Gasteiger partial charge in [0.15, 0.2) is 5.82 Å². The number of aromatic nitrogens is 5. The smallest absolute Gasteiger partial charge is 0.313 e. The fourth-order valence-electron chi connectivity index (χ4n) is 1.98. The van der Waals surface area contributed by atoms with Crippen LogP contribution in [0.15, 0.2) is 0 Å². The number of hydroxylamine groups is 2. The summed E-state index contributed by atoms with van der Waals surface area (Å²) in [5.74, 6) is 0.489. The van der Waals surface area contributed by atoms with Gasteiger partial charge in [-0.05, 0) is 0 Å². The van der Waals surface area contributed by atoms with E-state index in [4.69, 9.17) is 0 Å². The molecule has 92 valence electrons. The van der Waals surface area contributed by atoms with Gasteiger partial charge in [0.1, 0.15) is 0 Å². The topological polar surface area (TPSA) is 74.9 Å². The van der Waals surface area contributed by atoms with Gasteiger partial charge in [-0.25, -0.2) is 10.2 Å². The zero-order valence-electron chi connectivity index (χ0n) is 8.93. The first-order chi connectivity index (χ1) is 8.08. The third-order valence-corrected chi connectivity index (χ3v) is 2.78. The maximum Gasteiger partial charge on any atom is 0.320 e. The largest absolute Gasteiger partial charge is 0.320 e. The van der Waals surface area contributed by atoms with Gasteiger partial charge < -0.3 is 5.21 Å². The number of halogens is 2. The van der Waals surface area contributed by atoms with Crippen molar-refractivity contribution in [2.45, 2.75) is 19.6 Å². The lowest BCUT2D eigenvalue weighted by atomic mass is 10.4. The van der Waals surface area contributed by atoms with E-state index in [1.54, 1.807) is 7.05 Å². The molecule has 0 aromatic carbocycles. The normalized spacial score (nSPS) is 16.1. The fraction of sp³-hybridized carbons (Fsp3) is 0.500. The number of alkyl halides is 2. The van der Waals surface area contributed by atoms with Crippen LogP contribution < -0.4 is 0 Å². The van der Waals surface area contributed by atoms with Crippen molar-refractivity contribution in [1.29, 1.82) is 0 Å². The van der Waals surface area contributed by atoms with Crippen molar-refractivity contribution in [3.63, 3.8) is 0 Å². The van der Waals surface area contributed by atoms with Crippen LogP contribution in [0.3, 0.4) is 0 Å². The van der Waals surface area contributed by atoms with E-state index in [1.165, 1.54) is 4.68 Å². The Hall–Kier alpha value is -1.74. The number of rotatable bonds is 2. The summed E-state index contributed by atoms with van der Waals surface area (Å²) in [6.07, 6.45) is 0. The van der Waals surface area contributed by atoms with Crippen LogP contribution in [0, 0.1) is 0 Å². The highest BCUT2D eigenvalue weighted by Crippen LogP contribution is 2.31. The second kappa shape index (κ2) is 3.37. The highest BCUT2D eigenvalue weighted by atomic mass is 19.3. The van der Waals surface area contributed by atoms with Gasteiger partial charge in [0.05, 0.1) is 24.5 Å². The summed E-state index contributed by atoms with van der Waals surface area (Å²) in [6, 6.07) is 0. The molecule has 2 aromatic rings. The van der Waals surface area contributed by atoms with Crippen molar-refractivity contribution in [2.24, 2.45) is 7.05 Å². The Kier molecular flexibility index (Phi) is 2.07. The lowest BCUT2D eigenvalue weighted by Crippen LogP contribution is -2.18. The molecule has 0 aliphatic carbocycles. The average Bonchev–Trinajstić information content (AvgIpc) is 2.70. The van der Waals surface area contributed by atoms with Gasteiger partial charge in [0, 0.05) is 7.05 Å². The molecule has 1 aliphatic rings. The van der Waals surface area contributed by atoms with E-state index in [0.29, 0.717) is 17.2 Å². The Morgan fingerprint density at radius 3 is 2.65 bits per heavy atom. The van der Waals surface area contributed by atoms with Crippen LogP contribution in [0.5, 0.6) is 0 Å². The number of nitrogens with one attached hydrogen (secondary N) is 1. The maximum absolute atomic E-state index is 13.0. The van der Waals surface area contributed by atoms with E-state index in [2.05, 4.69) is 15.3 Å². The van der Waals surface area contributed by atoms with E-state index < -0.39 is 6.55 Å². The molecule has 17 heavy (non-hydrogen) atoms. The second-order valence-electron chi connectivity index (χ2n) is 3.89. The lowest BCUT2D eigenvalue weighted by molar-refractivity contribution is -0.0995. The first kappa shape index (κ1) is 10.4. The van der Waals surface area contributed by atoms with Crippen molar-refractivity contribution in [1.82, 2.24) is 29.6 Å². The Balaban J connectivity index is 2.13. The van der Waals surface area contributed by atoms with Crippen LogP contribution in [0.1, 0.15) is 17.9 Å². The van der Waals surface area contributed by atoms with Gasteiger partial charge in [-0.15, -0.1) is 5.10 Å². The van der Waals surface area contributed by atoms with Crippen LogP contribution in [-0.4, -0.2) is 34.8 Å². The molecule has 0 saturated heterocycles. The van der Waals surface area contributed by atoms with Crippen LogP contribution >= 0.6 is 0 Å². The number of aryl methyl sites for hydroxylation is 1. The monoisotopic (exact) mass is 244 g/mol. The van der Waals surface area contributed by atoms with Crippen LogP contribution in [0.2, 0.25) is 0 Å². The zero-order chi connectivity index (χ0) is 12.2. The molecule has 3 rings (SSSR count). The summed E-state index contributed by atoms with van der Waals surface area (Å²) in [7, 11) is 1.66. The predicted molar refractivity (Wildman–Crippen MR) is 51.1 cm³/mol. The average molecular weight is 244 g/mol. The Labute approximate surface area is 94.2 Å². The van der Waals surface area contributed by atoms with Crippen LogP contribution in [0.25, 0.3) is 11.6 Å². The molecule has 2 aromatic heterocycles. The predicted octanol–water partition coefficient (Wildman–Crippen LogP) is 0.712. The summed E-state index contributed by atoms with van der Waals surface area (Å²) in [5.41, 5.74) is 0.798. The summed E-state index contributed by atoms with van der Waals surface area (Å²) >= 11 is 0. The standard InChI is InChI=1S/C8H10F2N6O/c1-14-7(12-13-14)6-11-4-2-15(17)3-5(4)16(6)8(9)10/h8,13,17H,2-3H2,1H3. The molecule has 0 fully saturated rings. The van der Waals surface area contributed by atoms with Crippen molar-refractivity contribution in [3.05, 3.63) is 11.4 Å². The molecular formula is C8H10F2N6O. The number of hydrogen-bond acceptors (Lipinski definition) is 4. The van der Waals surface area contributed by atoms with Gasteiger partial charge in [-0.3, -0.25) is 9.25 Å². The molecule has 2 N–H and O–H groups in total. The number of fused-ring (bicyclic) bond motifs is 1. The second-order valence-corrected chi connectivity index (χ2v) is 3.89. The van der Waals surface area contributed by atoms with Gasteiger partial charge in [0.25, 0.3) is 0 Å². The Morgan fingerprint density at radius 1 is 1.35 bits per heavy atom. The summed E-state index contributed by atoms with van der Waals surface area (Å²) in [6.45, 7) is -2.49. The van der Waals surface area contributed by atoms with Gasteiger partial charge in [0.2, 0.25) is 5.82 Å². The zero-order valence-corrected chi connectivity index (χ0v) is 8.93. The molecule has 0 radical (unpaired) electrons. The van der Waals surface area contributed by atoms with Crippen molar-refractivity contribution >= 4 is 0 Å². The number of H-pyrrole nitrogens is 1. The maximum atomic E-state index is 13.0. The summed E-state index contributed by atoms with van der Waals surface area (Å²) in [5, 5.41) is 16.6. The summed E-state index contributed by atoms with van der Waals surface area (Å²) < 4.78 is 28.4. The molecule has 7 nitrogen and oxygen atoms in total. The van der Waals surface area contributed by atoms with Gasteiger partial charge in [-0.2, -0.15) is 13.8 Å². The molecule has 0 amide bonds. The third kappa shape index (κ3) is 1.39. The van der Waals surface area contributed by atoms with E-state index in [-0.39, 0.29) is 18.9 Å². The minimum atomic E-state index is -2.70. The molecule has 1 aliphatic heterocycles. The lowest BCUT2D eigenvalue weighted by Gasteiger charge is -2.14.